The van der Waals surface area contributed by atoms with Crippen LogP contribution in [0.15, 0.2) is 29.8 Å². The van der Waals surface area contributed by atoms with Gasteiger partial charge in [-0.15, -0.1) is 11.3 Å². The van der Waals surface area contributed by atoms with Crippen LogP contribution in [0.3, 0.4) is 0 Å². The van der Waals surface area contributed by atoms with Crippen LogP contribution in [-0.4, -0.2) is 22.9 Å². The first-order valence-electron chi connectivity index (χ1n) is 8.42. The maximum absolute atomic E-state index is 4.39. The molecule has 5 heteroatoms. The number of nitrogens with zero attached hydrogens (tertiary/aromatic N) is 2. The number of fused-ring (bicyclic) bond motifs is 1. The van der Waals surface area contributed by atoms with Crippen LogP contribution in [0.5, 0.6) is 0 Å². The minimum Gasteiger partial charge on any atom is -0.370 e. The Bertz CT molecular complexity index is 586. The monoisotopic (exact) mass is 316 g/mol. The molecule has 2 atom stereocenters. The number of hydrogen-bond acceptors (Lipinski definition) is 4. The van der Waals surface area contributed by atoms with E-state index in [0.29, 0.717) is 12.0 Å². The lowest BCUT2D eigenvalue weighted by Gasteiger charge is -2.29. The van der Waals surface area contributed by atoms with Crippen molar-refractivity contribution in [1.29, 1.82) is 0 Å². The molecule has 1 saturated carbocycles. The SMILES string of the molecule is c1csc([C@@H](NC[C@@H]2CNc3ccnn3C2)C2CCCC2)c1. The molecule has 2 N–H and O–H groups in total. The number of nitrogens with one attached hydrogen (secondary N) is 2. The van der Waals surface area contributed by atoms with Gasteiger partial charge >= 0.3 is 0 Å². The summed E-state index contributed by atoms with van der Waals surface area (Å²) in [5, 5.41) is 14.0. The smallest absolute Gasteiger partial charge is 0.124 e. The van der Waals surface area contributed by atoms with Crippen molar-refractivity contribution in [2.24, 2.45) is 11.8 Å². The zero-order valence-electron chi connectivity index (χ0n) is 12.9. The van der Waals surface area contributed by atoms with Gasteiger partial charge in [0, 0.05) is 42.5 Å². The van der Waals surface area contributed by atoms with Crippen molar-refractivity contribution in [3.05, 3.63) is 34.7 Å². The van der Waals surface area contributed by atoms with Gasteiger partial charge in [-0.2, -0.15) is 5.10 Å². The largest absolute Gasteiger partial charge is 0.370 e. The summed E-state index contributed by atoms with van der Waals surface area (Å²) in [6, 6.07) is 7.07. The van der Waals surface area contributed by atoms with Gasteiger partial charge < -0.3 is 10.6 Å². The molecule has 0 spiro atoms. The van der Waals surface area contributed by atoms with Gasteiger partial charge in [0.15, 0.2) is 0 Å². The average Bonchev–Trinajstić information content (AvgIpc) is 3.30. The van der Waals surface area contributed by atoms with Crippen molar-refractivity contribution >= 4 is 17.2 Å². The summed E-state index contributed by atoms with van der Waals surface area (Å²) in [6.45, 7) is 3.12. The number of aromatic nitrogens is 2. The van der Waals surface area contributed by atoms with Crippen molar-refractivity contribution < 1.29 is 0 Å². The van der Waals surface area contributed by atoms with E-state index >= 15 is 0 Å². The highest BCUT2D eigenvalue weighted by molar-refractivity contribution is 7.10. The summed E-state index contributed by atoms with van der Waals surface area (Å²) in [7, 11) is 0. The Morgan fingerprint density at radius 1 is 1.36 bits per heavy atom. The molecule has 0 radical (unpaired) electrons. The Morgan fingerprint density at radius 2 is 2.27 bits per heavy atom. The van der Waals surface area contributed by atoms with Gasteiger partial charge in [0.25, 0.3) is 0 Å². The zero-order chi connectivity index (χ0) is 14.8. The van der Waals surface area contributed by atoms with Gasteiger partial charge in [0.1, 0.15) is 5.82 Å². The van der Waals surface area contributed by atoms with Crippen molar-refractivity contribution in [3.8, 4) is 0 Å². The molecule has 4 nitrogen and oxygen atoms in total. The van der Waals surface area contributed by atoms with Crippen molar-refractivity contribution in [3.63, 3.8) is 0 Å². The molecule has 4 rings (SSSR count). The molecule has 2 aromatic heterocycles. The fourth-order valence-electron chi connectivity index (χ4n) is 3.88. The maximum atomic E-state index is 4.39. The molecule has 0 aromatic carbocycles. The van der Waals surface area contributed by atoms with Crippen LogP contribution in [0.25, 0.3) is 0 Å². The standard InChI is InChI=1S/C17H24N4S/c1-2-5-14(4-1)17(15-6-3-9-22-15)19-11-13-10-18-16-7-8-20-21(16)12-13/h3,6-9,13-14,17-19H,1-2,4-5,10-12H2/t13-,17-/m0/s1. The highest BCUT2D eigenvalue weighted by Crippen LogP contribution is 2.37. The molecule has 118 valence electrons. The van der Waals surface area contributed by atoms with Crippen LogP contribution in [0, 0.1) is 11.8 Å². The molecule has 3 heterocycles. The zero-order valence-corrected chi connectivity index (χ0v) is 13.7. The predicted molar refractivity (Wildman–Crippen MR) is 91.2 cm³/mol. The van der Waals surface area contributed by atoms with E-state index in [0.717, 1.165) is 31.4 Å². The van der Waals surface area contributed by atoms with E-state index in [-0.39, 0.29) is 0 Å². The summed E-state index contributed by atoms with van der Waals surface area (Å²) in [4.78, 5) is 1.51. The summed E-state index contributed by atoms with van der Waals surface area (Å²) >= 11 is 1.90. The Labute approximate surface area is 135 Å². The first kappa shape index (κ1) is 14.3. The third kappa shape index (κ3) is 2.92. The summed E-state index contributed by atoms with van der Waals surface area (Å²) in [5.74, 6) is 2.58. The van der Waals surface area contributed by atoms with E-state index in [1.807, 2.05) is 17.5 Å². The van der Waals surface area contributed by atoms with Crippen LogP contribution in [-0.2, 0) is 6.54 Å². The summed E-state index contributed by atoms with van der Waals surface area (Å²) in [6.07, 6.45) is 7.43. The Morgan fingerprint density at radius 3 is 3.09 bits per heavy atom. The Balaban J connectivity index is 1.40. The van der Waals surface area contributed by atoms with E-state index in [9.17, 15) is 0 Å². The van der Waals surface area contributed by atoms with Gasteiger partial charge in [-0.05, 0) is 30.2 Å². The predicted octanol–water partition coefficient (Wildman–Crippen LogP) is 3.51. The molecule has 0 saturated heterocycles. The van der Waals surface area contributed by atoms with E-state index in [4.69, 9.17) is 0 Å². The number of rotatable bonds is 5. The molecule has 0 amide bonds. The van der Waals surface area contributed by atoms with Crippen LogP contribution in [0.4, 0.5) is 5.82 Å². The molecule has 2 aromatic rings. The fourth-order valence-corrected chi connectivity index (χ4v) is 4.77. The second-order valence-electron chi connectivity index (χ2n) is 6.59. The number of hydrogen-bond donors (Lipinski definition) is 2. The van der Waals surface area contributed by atoms with Gasteiger partial charge in [-0.25, -0.2) is 4.68 Å². The van der Waals surface area contributed by atoms with E-state index < -0.39 is 0 Å². The third-order valence-electron chi connectivity index (χ3n) is 5.07. The Kier molecular flexibility index (Phi) is 4.17. The van der Waals surface area contributed by atoms with Gasteiger partial charge in [0.2, 0.25) is 0 Å². The quantitative estimate of drug-likeness (QED) is 0.887. The van der Waals surface area contributed by atoms with Crippen LogP contribution in [0.1, 0.15) is 36.6 Å². The minimum atomic E-state index is 0.543. The highest BCUT2D eigenvalue weighted by Gasteiger charge is 2.28. The lowest BCUT2D eigenvalue weighted by atomic mass is 9.96. The number of thiophene rings is 1. The van der Waals surface area contributed by atoms with E-state index in [1.165, 1.54) is 30.6 Å². The minimum absolute atomic E-state index is 0.543. The summed E-state index contributed by atoms with van der Waals surface area (Å²) < 4.78 is 2.09. The lowest BCUT2D eigenvalue weighted by Crippen LogP contribution is -2.38. The maximum Gasteiger partial charge on any atom is 0.124 e. The normalized spacial score (nSPS) is 23.2. The molecule has 0 bridgehead atoms. The van der Waals surface area contributed by atoms with Gasteiger partial charge in [-0.1, -0.05) is 18.9 Å². The second kappa shape index (κ2) is 6.42. The molecule has 1 fully saturated rings. The molecule has 1 aliphatic heterocycles. The third-order valence-corrected chi connectivity index (χ3v) is 6.02. The first-order chi connectivity index (χ1) is 10.9. The second-order valence-corrected chi connectivity index (χ2v) is 7.57. The first-order valence-corrected chi connectivity index (χ1v) is 9.30. The van der Waals surface area contributed by atoms with Crippen LogP contribution < -0.4 is 10.6 Å². The average molecular weight is 316 g/mol. The molecule has 1 aliphatic carbocycles. The lowest BCUT2D eigenvalue weighted by molar-refractivity contribution is 0.321. The van der Waals surface area contributed by atoms with E-state index in [1.54, 1.807) is 0 Å². The molecule has 2 aliphatic rings. The summed E-state index contributed by atoms with van der Waals surface area (Å²) in [5.41, 5.74) is 0. The highest BCUT2D eigenvalue weighted by atomic mass is 32.1. The topological polar surface area (TPSA) is 41.9 Å². The number of anilines is 1. The molecular weight excluding hydrogens is 292 g/mol. The van der Waals surface area contributed by atoms with Gasteiger partial charge in [0.05, 0.1) is 6.20 Å². The molecular formula is C17H24N4S. The van der Waals surface area contributed by atoms with Crippen molar-refractivity contribution in [2.75, 3.05) is 18.4 Å². The van der Waals surface area contributed by atoms with Crippen molar-refractivity contribution in [1.82, 2.24) is 15.1 Å². The van der Waals surface area contributed by atoms with E-state index in [2.05, 4.69) is 44.0 Å². The fraction of sp³-hybridized carbons (Fsp3) is 0.588. The Hall–Kier alpha value is -1.33. The van der Waals surface area contributed by atoms with Gasteiger partial charge in [-0.3, -0.25) is 0 Å². The van der Waals surface area contributed by atoms with Crippen molar-refractivity contribution in [2.45, 2.75) is 38.3 Å². The molecule has 0 unspecified atom stereocenters. The van der Waals surface area contributed by atoms with Crippen LogP contribution in [0.2, 0.25) is 0 Å². The molecule has 22 heavy (non-hydrogen) atoms. The van der Waals surface area contributed by atoms with Crippen LogP contribution >= 0.6 is 11.3 Å².